The Balaban J connectivity index is 1.56. The fraction of sp³-hybridized carbons (Fsp3) is 0.353. The van der Waals surface area contributed by atoms with E-state index in [-0.39, 0.29) is 17.3 Å². The van der Waals surface area contributed by atoms with Gasteiger partial charge >= 0.3 is 6.09 Å². The fourth-order valence-electron chi connectivity index (χ4n) is 3.57. The normalized spacial score (nSPS) is 27.8. The van der Waals surface area contributed by atoms with Gasteiger partial charge in [-0.1, -0.05) is 18.2 Å². The zero-order valence-electron chi connectivity index (χ0n) is 13.8. The van der Waals surface area contributed by atoms with Crippen LogP contribution in [0.3, 0.4) is 0 Å². The van der Waals surface area contributed by atoms with Crippen LogP contribution in [0.1, 0.15) is 15.2 Å². The number of rotatable bonds is 3. The molecule has 0 aliphatic carbocycles. The van der Waals surface area contributed by atoms with Crippen molar-refractivity contribution in [3.63, 3.8) is 0 Å². The molecule has 3 heterocycles. The van der Waals surface area contributed by atoms with E-state index < -0.39 is 11.6 Å². The molecule has 2 fully saturated rings. The standard InChI is InChI=1S/C17H18N4O3S2/c22-14(11-4-2-1-3-5-11)19-15-20-17(13-6-7-18-26-13)10-21(16(23)24)8-12(17)9-25-15/h1-7,12,15,20H,8-10H2,(H,19,22)(H,23,24)/t12-,15?,17-/m0/s1. The number of hydrogen-bond donors (Lipinski definition) is 3. The number of fused-ring (bicyclic) bond motifs is 1. The van der Waals surface area contributed by atoms with Crippen molar-refractivity contribution in [1.82, 2.24) is 19.9 Å². The van der Waals surface area contributed by atoms with Gasteiger partial charge in [-0.25, -0.2) is 9.17 Å². The van der Waals surface area contributed by atoms with Crippen molar-refractivity contribution in [2.24, 2.45) is 5.92 Å². The number of amides is 2. The summed E-state index contributed by atoms with van der Waals surface area (Å²) in [4.78, 5) is 26.4. The monoisotopic (exact) mass is 390 g/mol. The molecule has 2 amide bonds. The molecular weight excluding hydrogens is 372 g/mol. The second kappa shape index (κ2) is 6.90. The van der Waals surface area contributed by atoms with Gasteiger partial charge in [0.25, 0.3) is 5.91 Å². The topological polar surface area (TPSA) is 94.6 Å². The molecule has 136 valence electrons. The predicted molar refractivity (Wildman–Crippen MR) is 100 cm³/mol. The number of thioether (sulfide) groups is 1. The summed E-state index contributed by atoms with van der Waals surface area (Å²) in [6, 6.07) is 11.0. The van der Waals surface area contributed by atoms with Crippen LogP contribution in [0.15, 0.2) is 42.6 Å². The molecule has 1 aromatic carbocycles. The Bertz CT molecular complexity index is 802. The highest BCUT2D eigenvalue weighted by Crippen LogP contribution is 2.44. The minimum absolute atomic E-state index is 0.133. The Morgan fingerprint density at radius 2 is 2.12 bits per heavy atom. The molecule has 2 aliphatic heterocycles. The summed E-state index contributed by atoms with van der Waals surface area (Å²) in [5.41, 5.74) is -0.211. The maximum absolute atomic E-state index is 12.5. The molecule has 0 bridgehead atoms. The van der Waals surface area contributed by atoms with E-state index in [9.17, 15) is 14.7 Å². The van der Waals surface area contributed by atoms with Crippen molar-refractivity contribution >= 4 is 35.3 Å². The highest BCUT2D eigenvalue weighted by atomic mass is 32.2. The number of carbonyl (C=O) groups excluding carboxylic acids is 1. The van der Waals surface area contributed by atoms with Gasteiger partial charge in [0.2, 0.25) is 0 Å². The van der Waals surface area contributed by atoms with E-state index in [2.05, 4.69) is 15.0 Å². The molecule has 26 heavy (non-hydrogen) atoms. The third kappa shape index (κ3) is 3.06. The van der Waals surface area contributed by atoms with Gasteiger partial charge in [-0.2, -0.15) is 0 Å². The number of carboxylic acid groups (broad SMARTS) is 1. The molecule has 2 aliphatic rings. The minimum atomic E-state index is -0.917. The number of carbonyl (C=O) groups is 2. The summed E-state index contributed by atoms with van der Waals surface area (Å²) in [5.74, 6) is 0.740. The van der Waals surface area contributed by atoms with Crippen molar-refractivity contribution in [2.45, 2.75) is 11.0 Å². The Morgan fingerprint density at radius 3 is 2.81 bits per heavy atom. The maximum atomic E-state index is 12.5. The maximum Gasteiger partial charge on any atom is 0.407 e. The second-order valence-corrected chi connectivity index (χ2v) is 8.38. The lowest BCUT2D eigenvalue weighted by molar-refractivity contribution is 0.0932. The fourth-order valence-corrected chi connectivity index (χ4v) is 5.68. The highest BCUT2D eigenvalue weighted by Gasteiger charge is 2.53. The average molecular weight is 390 g/mol. The first-order chi connectivity index (χ1) is 12.6. The van der Waals surface area contributed by atoms with Crippen LogP contribution in [-0.4, -0.2) is 50.7 Å². The van der Waals surface area contributed by atoms with Crippen molar-refractivity contribution in [3.8, 4) is 0 Å². The number of likely N-dealkylation sites (tertiary alicyclic amines) is 1. The molecule has 3 atom stereocenters. The molecule has 2 aromatic rings. The molecular formula is C17H18N4O3S2. The summed E-state index contributed by atoms with van der Waals surface area (Å²) in [6.45, 7) is 0.833. The van der Waals surface area contributed by atoms with E-state index in [0.717, 1.165) is 10.6 Å². The Morgan fingerprint density at radius 1 is 1.31 bits per heavy atom. The molecule has 2 saturated heterocycles. The van der Waals surface area contributed by atoms with Gasteiger partial charge in [0.05, 0.1) is 5.54 Å². The Hall–Kier alpha value is -2.10. The Kier molecular flexibility index (Phi) is 4.60. The summed E-state index contributed by atoms with van der Waals surface area (Å²) < 4.78 is 4.20. The van der Waals surface area contributed by atoms with Crippen molar-refractivity contribution in [3.05, 3.63) is 53.0 Å². The summed E-state index contributed by atoms with van der Waals surface area (Å²) >= 11 is 2.97. The van der Waals surface area contributed by atoms with Gasteiger partial charge in [-0.3, -0.25) is 10.1 Å². The van der Waals surface area contributed by atoms with Crippen molar-refractivity contribution < 1.29 is 14.7 Å². The number of aromatic nitrogens is 1. The van der Waals surface area contributed by atoms with E-state index in [0.29, 0.717) is 18.7 Å². The highest BCUT2D eigenvalue weighted by molar-refractivity contribution is 7.99. The minimum Gasteiger partial charge on any atom is -0.465 e. The summed E-state index contributed by atoms with van der Waals surface area (Å²) in [5, 5.41) is 16.0. The van der Waals surface area contributed by atoms with E-state index in [1.807, 2.05) is 24.3 Å². The van der Waals surface area contributed by atoms with Crippen molar-refractivity contribution in [1.29, 1.82) is 0 Å². The largest absolute Gasteiger partial charge is 0.465 e. The quantitative estimate of drug-likeness (QED) is 0.742. The van der Waals surface area contributed by atoms with E-state index in [4.69, 9.17) is 0 Å². The van der Waals surface area contributed by atoms with E-state index in [1.54, 1.807) is 30.1 Å². The molecule has 0 saturated carbocycles. The van der Waals surface area contributed by atoms with Gasteiger partial charge in [-0.15, -0.1) is 11.8 Å². The molecule has 0 spiro atoms. The van der Waals surface area contributed by atoms with Gasteiger partial charge in [-0.05, 0) is 29.7 Å². The number of benzene rings is 1. The van der Waals surface area contributed by atoms with Crippen LogP contribution in [-0.2, 0) is 5.54 Å². The van der Waals surface area contributed by atoms with Crippen LogP contribution in [0, 0.1) is 5.92 Å². The number of nitrogens with zero attached hydrogens (tertiary/aromatic N) is 2. The molecule has 7 nitrogen and oxygen atoms in total. The van der Waals surface area contributed by atoms with Crippen molar-refractivity contribution in [2.75, 3.05) is 18.8 Å². The molecule has 0 radical (unpaired) electrons. The third-order valence-corrected chi connectivity index (χ3v) is 6.96. The van der Waals surface area contributed by atoms with Gasteiger partial charge in [0, 0.05) is 41.4 Å². The molecule has 4 rings (SSSR count). The lowest BCUT2D eigenvalue weighted by Crippen LogP contribution is -2.60. The predicted octanol–water partition coefficient (Wildman–Crippen LogP) is 2.00. The van der Waals surface area contributed by atoms with E-state index >= 15 is 0 Å². The smallest absolute Gasteiger partial charge is 0.407 e. The summed E-state index contributed by atoms with van der Waals surface area (Å²) in [7, 11) is 0. The van der Waals surface area contributed by atoms with E-state index in [1.165, 1.54) is 16.4 Å². The molecule has 9 heteroatoms. The lowest BCUT2D eigenvalue weighted by Gasteiger charge is -2.42. The Labute approximate surface area is 158 Å². The second-order valence-electron chi connectivity index (χ2n) is 6.41. The molecule has 1 unspecified atom stereocenters. The van der Waals surface area contributed by atoms with Crippen LogP contribution in [0.2, 0.25) is 0 Å². The zero-order valence-corrected chi connectivity index (χ0v) is 15.4. The van der Waals surface area contributed by atoms with Crippen LogP contribution in [0.5, 0.6) is 0 Å². The lowest BCUT2D eigenvalue weighted by atomic mass is 9.86. The first kappa shape index (κ1) is 17.3. The summed E-state index contributed by atoms with van der Waals surface area (Å²) in [6.07, 6.45) is 0.816. The third-order valence-electron chi connectivity index (χ3n) is 4.88. The average Bonchev–Trinajstić information content (AvgIpc) is 3.30. The molecule has 1 aromatic heterocycles. The van der Waals surface area contributed by atoms with Gasteiger partial charge < -0.3 is 15.3 Å². The number of nitrogens with one attached hydrogen (secondary N) is 2. The van der Waals surface area contributed by atoms with Gasteiger partial charge in [0.15, 0.2) is 0 Å². The van der Waals surface area contributed by atoms with Crippen LogP contribution in [0.4, 0.5) is 4.79 Å². The SMILES string of the molecule is O=C(NC1N[C@@]2(c3ccns3)CN(C(=O)O)C[C@H]2CS1)c1ccccc1. The van der Waals surface area contributed by atoms with Crippen LogP contribution >= 0.6 is 23.3 Å². The first-order valence-corrected chi connectivity index (χ1v) is 10.0. The molecule has 3 N–H and O–H groups in total. The zero-order chi connectivity index (χ0) is 18.1. The van der Waals surface area contributed by atoms with Crippen LogP contribution in [0.25, 0.3) is 0 Å². The first-order valence-electron chi connectivity index (χ1n) is 8.23. The van der Waals surface area contributed by atoms with Gasteiger partial charge in [0.1, 0.15) is 5.50 Å². The number of hydrogen-bond acceptors (Lipinski definition) is 6. The van der Waals surface area contributed by atoms with Crippen LogP contribution < -0.4 is 10.6 Å².